The summed E-state index contributed by atoms with van der Waals surface area (Å²) < 4.78 is 0. The number of carbonyl (C=O) groups is 1. The topological polar surface area (TPSA) is 57.5 Å². The van der Waals surface area contributed by atoms with Crippen LogP contribution in [-0.2, 0) is 4.79 Å². The zero-order chi connectivity index (χ0) is 6.57. The first-order valence-corrected chi connectivity index (χ1v) is 2.52. The van der Waals surface area contributed by atoms with E-state index in [0.29, 0.717) is 0 Å². The average molecular weight is 139 g/mol. The molecule has 2 N–H and O–H groups in total. The SMILES string of the molecule is O=C(Cl)C[C@H](O)CO. The molecule has 0 rings (SSSR count). The Morgan fingerprint density at radius 1 is 1.75 bits per heavy atom. The average Bonchev–Trinajstić information content (AvgIpc) is 1.65. The van der Waals surface area contributed by atoms with Gasteiger partial charge in [-0.05, 0) is 11.6 Å². The predicted molar refractivity (Wildman–Crippen MR) is 28.6 cm³/mol. The van der Waals surface area contributed by atoms with Crippen LogP contribution in [-0.4, -0.2) is 28.2 Å². The maximum Gasteiger partial charge on any atom is 0.224 e. The summed E-state index contributed by atoms with van der Waals surface area (Å²) in [6.07, 6.45) is -1.18. The molecule has 0 aliphatic rings. The van der Waals surface area contributed by atoms with E-state index in [-0.39, 0.29) is 6.42 Å². The molecule has 0 saturated heterocycles. The number of halogens is 1. The van der Waals surface area contributed by atoms with Gasteiger partial charge in [0, 0.05) is 0 Å². The van der Waals surface area contributed by atoms with Crippen LogP contribution in [0.2, 0.25) is 0 Å². The van der Waals surface area contributed by atoms with Gasteiger partial charge in [-0.15, -0.1) is 0 Å². The van der Waals surface area contributed by atoms with Gasteiger partial charge in [-0.1, -0.05) is 0 Å². The largest absolute Gasteiger partial charge is 0.394 e. The fourth-order valence-electron chi connectivity index (χ4n) is 0.250. The minimum atomic E-state index is -1.00. The highest BCUT2D eigenvalue weighted by molar-refractivity contribution is 6.63. The van der Waals surface area contributed by atoms with Gasteiger partial charge in [0.15, 0.2) is 0 Å². The Labute approximate surface area is 51.9 Å². The van der Waals surface area contributed by atoms with Crippen molar-refractivity contribution in [2.45, 2.75) is 12.5 Å². The third kappa shape index (κ3) is 4.05. The first-order valence-electron chi connectivity index (χ1n) is 2.14. The summed E-state index contributed by atoms with van der Waals surface area (Å²) in [4.78, 5) is 9.91. The Bertz CT molecular complexity index is 83.4. The molecule has 0 spiro atoms. The van der Waals surface area contributed by atoms with E-state index in [1.165, 1.54) is 0 Å². The summed E-state index contributed by atoms with van der Waals surface area (Å²) in [5.41, 5.74) is 0. The van der Waals surface area contributed by atoms with Gasteiger partial charge in [0.2, 0.25) is 5.24 Å². The van der Waals surface area contributed by atoms with E-state index in [9.17, 15) is 4.79 Å². The molecule has 48 valence electrons. The van der Waals surface area contributed by atoms with Crippen LogP contribution in [0.4, 0.5) is 0 Å². The maximum atomic E-state index is 9.91. The second-order valence-electron chi connectivity index (χ2n) is 1.40. The van der Waals surface area contributed by atoms with Gasteiger partial charge in [-0.25, -0.2) is 0 Å². The van der Waals surface area contributed by atoms with Crippen LogP contribution in [0.5, 0.6) is 0 Å². The third-order valence-electron chi connectivity index (χ3n) is 0.607. The number of aliphatic hydroxyl groups is 2. The molecule has 0 saturated carbocycles. The molecule has 0 unspecified atom stereocenters. The molecule has 0 aliphatic heterocycles. The van der Waals surface area contributed by atoms with Crippen LogP contribution in [0.15, 0.2) is 0 Å². The molecule has 0 aromatic heterocycles. The van der Waals surface area contributed by atoms with Crippen molar-refractivity contribution < 1.29 is 15.0 Å². The van der Waals surface area contributed by atoms with Crippen molar-refractivity contribution in [2.75, 3.05) is 6.61 Å². The van der Waals surface area contributed by atoms with Crippen molar-refractivity contribution in [2.24, 2.45) is 0 Å². The van der Waals surface area contributed by atoms with E-state index in [2.05, 4.69) is 0 Å². The Morgan fingerprint density at radius 2 is 2.25 bits per heavy atom. The fourth-order valence-corrected chi connectivity index (χ4v) is 0.428. The highest BCUT2D eigenvalue weighted by atomic mass is 35.5. The highest BCUT2D eigenvalue weighted by Gasteiger charge is 2.05. The maximum absolute atomic E-state index is 9.91. The zero-order valence-electron chi connectivity index (χ0n) is 4.17. The molecule has 4 heteroatoms. The van der Waals surface area contributed by atoms with Crippen molar-refractivity contribution in [1.29, 1.82) is 0 Å². The molecule has 0 aliphatic carbocycles. The van der Waals surface area contributed by atoms with Crippen molar-refractivity contribution >= 4 is 16.8 Å². The lowest BCUT2D eigenvalue weighted by atomic mass is 10.3. The van der Waals surface area contributed by atoms with Gasteiger partial charge in [0.05, 0.1) is 19.1 Å². The molecule has 0 fully saturated rings. The summed E-state index contributed by atoms with van der Waals surface area (Å²) in [5, 5.41) is 16.0. The van der Waals surface area contributed by atoms with Crippen LogP contribution < -0.4 is 0 Å². The van der Waals surface area contributed by atoms with E-state index in [1.54, 1.807) is 0 Å². The Kier molecular flexibility index (Phi) is 3.77. The molecular formula is C4H7ClO3. The first-order chi connectivity index (χ1) is 3.66. The smallest absolute Gasteiger partial charge is 0.224 e. The molecule has 3 nitrogen and oxygen atoms in total. The van der Waals surface area contributed by atoms with E-state index >= 15 is 0 Å². The van der Waals surface area contributed by atoms with Gasteiger partial charge in [0.25, 0.3) is 0 Å². The zero-order valence-corrected chi connectivity index (χ0v) is 4.93. The highest BCUT2D eigenvalue weighted by Crippen LogP contribution is 1.93. The molecular weight excluding hydrogens is 131 g/mol. The number of rotatable bonds is 3. The monoisotopic (exact) mass is 138 g/mol. The lowest BCUT2D eigenvalue weighted by Gasteiger charge is -1.99. The summed E-state index contributed by atoms with van der Waals surface area (Å²) in [5.74, 6) is 0. The van der Waals surface area contributed by atoms with E-state index in [0.717, 1.165) is 0 Å². The van der Waals surface area contributed by atoms with Crippen LogP contribution in [0.3, 0.4) is 0 Å². The van der Waals surface area contributed by atoms with E-state index in [4.69, 9.17) is 21.8 Å². The Balaban J connectivity index is 3.24. The van der Waals surface area contributed by atoms with Gasteiger partial charge >= 0.3 is 0 Å². The molecule has 0 bridgehead atoms. The van der Waals surface area contributed by atoms with Crippen molar-refractivity contribution in [1.82, 2.24) is 0 Å². The van der Waals surface area contributed by atoms with Crippen LogP contribution in [0, 0.1) is 0 Å². The molecule has 0 heterocycles. The normalized spacial score (nSPS) is 13.4. The number of carbonyl (C=O) groups excluding carboxylic acids is 1. The quantitative estimate of drug-likeness (QED) is 0.517. The summed E-state index contributed by atoms with van der Waals surface area (Å²) in [6, 6.07) is 0. The predicted octanol–water partition coefficient (Wildman–Crippen LogP) is -0.505. The molecule has 8 heavy (non-hydrogen) atoms. The van der Waals surface area contributed by atoms with Gasteiger partial charge in [-0.2, -0.15) is 0 Å². The number of aliphatic hydroxyl groups excluding tert-OH is 2. The Hall–Kier alpha value is -0.120. The molecule has 1 atom stereocenters. The molecule has 0 amide bonds. The van der Waals surface area contributed by atoms with Gasteiger partial charge < -0.3 is 10.2 Å². The number of hydrogen-bond acceptors (Lipinski definition) is 3. The summed E-state index contributed by atoms with van der Waals surface area (Å²) in [6.45, 7) is -0.418. The summed E-state index contributed by atoms with van der Waals surface area (Å²) >= 11 is 4.84. The summed E-state index contributed by atoms with van der Waals surface area (Å²) in [7, 11) is 0. The lowest BCUT2D eigenvalue weighted by molar-refractivity contribution is -0.113. The van der Waals surface area contributed by atoms with Gasteiger partial charge in [-0.3, -0.25) is 4.79 Å². The van der Waals surface area contributed by atoms with Crippen molar-refractivity contribution in [3.8, 4) is 0 Å². The first kappa shape index (κ1) is 7.88. The van der Waals surface area contributed by atoms with Crippen molar-refractivity contribution in [3.05, 3.63) is 0 Å². The van der Waals surface area contributed by atoms with Crippen LogP contribution in [0.25, 0.3) is 0 Å². The standard InChI is InChI=1S/C4H7ClO3/c5-4(8)1-3(7)2-6/h3,6-7H,1-2H2/t3-/m0/s1. The third-order valence-corrected chi connectivity index (χ3v) is 0.761. The van der Waals surface area contributed by atoms with Gasteiger partial charge in [0.1, 0.15) is 0 Å². The van der Waals surface area contributed by atoms with Crippen LogP contribution >= 0.6 is 11.6 Å². The van der Waals surface area contributed by atoms with Crippen molar-refractivity contribution in [3.63, 3.8) is 0 Å². The molecule has 0 aromatic carbocycles. The molecule has 0 radical (unpaired) electrons. The minimum absolute atomic E-state index is 0.182. The fraction of sp³-hybridized carbons (Fsp3) is 0.750. The minimum Gasteiger partial charge on any atom is -0.394 e. The lowest BCUT2D eigenvalue weighted by Crippen LogP contribution is -2.14. The second kappa shape index (κ2) is 3.83. The van der Waals surface area contributed by atoms with Crippen LogP contribution in [0.1, 0.15) is 6.42 Å². The number of hydrogen-bond donors (Lipinski definition) is 2. The van der Waals surface area contributed by atoms with E-state index < -0.39 is 18.0 Å². The Morgan fingerprint density at radius 3 is 2.38 bits per heavy atom. The molecule has 0 aromatic rings. The second-order valence-corrected chi connectivity index (χ2v) is 1.82. The van der Waals surface area contributed by atoms with E-state index in [1.807, 2.05) is 0 Å².